The van der Waals surface area contributed by atoms with Crippen molar-refractivity contribution in [3.63, 3.8) is 0 Å². The summed E-state index contributed by atoms with van der Waals surface area (Å²) in [5.74, 6) is 0. The molecule has 3 N–H and O–H groups in total. The summed E-state index contributed by atoms with van der Waals surface area (Å²) in [4.78, 5) is 19.2. The van der Waals surface area contributed by atoms with Crippen molar-refractivity contribution in [1.29, 1.82) is 0 Å². The number of hydrogen-bond acceptors (Lipinski definition) is 2. The number of quaternary nitrogens is 1. The lowest BCUT2D eigenvalue weighted by Crippen LogP contribution is -2.49. The van der Waals surface area contributed by atoms with Crippen LogP contribution < -0.4 is 0 Å². The van der Waals surface area contributed by atoms with E-state index in [9.17, 15) is 19.5 Å². The van der Waals surface area contributed by atoms with E-state index in [1.165, 1.54) is 64.2 Å². The molecule has 1 atom stereocenters. The van der Waals surface area contributed by atoms with Crippen molar-refractivity contribution >= 4 is 7.60 Å². The number of likely N-dealkylation sites (N-methyl/N-ethyl adjacent to an activating group) is 1. The Balaban J connectivity index is 3.73. The summed E-state index contributed by atoms with van der Waals surface area (Å²) in [6.07, 6.45) is 25.5. The van der Waals surface area contributed by atoms with E-state index in [0.29, 0.717) is 10.9 Å². The Kier molecular flexibility index (Phi) is 16.8. The van der Waals surface area contributed by atoms with Crippen molar-refractivity contribution in [2.45, 2.75) is 109 Å². The minimum atomic E-state index is -4.56. The molecule has 0 aromatic rings. The Morgan fingerprint density at radius 2 is 1.10 bits per heavy atom. The third-order valence-electron chi connectivity index (χ3n) is 5.52. The maximum absolute atomic E-state index is 11.8. The summed E-state index contributed by atoms with van der Waals surface area (Å²) in [5.41, 5.74) is 0. The Labute approximate surface area is 192 Å². The lowest BCUT2D eigenvalue weighted by molar-refractivity contribution is -0.875. The normalized spacial score (nSPS) is 15.2. The molecule has 0 aliphatic heterocycles. The number of nitrogens with zero attached hydrogens (tertiary/aromatic N) is 1. The van der Waals surface area contributed by atoms with E-state index in [0.717, 1.165) is 19.3 Å². The highest BCUT2D eigenvalue weighted by atomic mass is 31.2. The molecule has 0 saturated carbocycles. The van der Waals surface area contributed by atoms with Gasteiger partial charge in [-0.1, -0.05) is 63.3 Å². The van der Waals surface area contributed by atoms with Gasteiger partial charge in [0, 0.05) is 0 Å². The zero-order chi connectivity index (χ0) is 23.6. The molecule has 0 aromatic heterocycles. The first kappa shape index (κ1) is 30.6. The second-order valence-electron chi connectivity index (χ2n) is 10.0. The van der Waals surface area contributed by atoms with E-state index >= 15 is 0 Å². The van der Waals surface area contributed by atoms with E-state index in [-0.39, 0.29) is 13.0 Å². The van der Waals surface area contributed by atoms with Gasteiger partial charge in [0.05, 0.1) is 21.1 Å². The molecule has 0 saturated heterocycles. The predicted molar refractivity (Wildman–Crippen MR) is 133 cm³/mol. The fourth-order valence-electron chi connectivity index (χ4n) is 3.79. The fourth-order valence-corrected chi connectivity index (χ4v) is 4.84. The molecule has 5 nitrogen and oxygen atoms in total. The molecule has 0 heterocycles. The SMILES string of the molecule is CCCCCC/C=C\CCCCCC/C=C\CCCCC(O)(C[N+](C)(C)C)P(=O)(O)O. The first-order chi connectivity index (χ1) is 14.5. The van der Waals surface area contributed by atoms with Crippen molar-refractivity contribution < 1.29 is 23.9 Å². The van der Waals surface area contributed by atoms with Gasteiger partial charge in [-0.2, -0.15) is 0 Å². The molecule has 0 aliphatic carbocycles. The quantitative estimate of drug-likeness (QED) is 0.0834. The van der Waals surface area contributed by atoms with Gasteiger partial charge >= 0.3 is 7.60 Å². The summed E-state index contributed by atoms with van der Waals surface area (Å²) in [7, 11) is 0.928. The largest absolute Gasteiger partial charge is 0.373 e. The molecular weight excluding hydrogens is 409 g/mol. The van der Waals surface area contributed by atoms with Crippen molar-refractivity contribution in [3.8, 4) is 0 Å². The molecule has 0 fully saturated rings. The molecule has 0 amide bonds. The second kappa shape index (κ2) is 17.1. The van der Waals surface area contributed by atoms with Crippen LogP contribution in [0.15, 0.2) is 24.3 Å². The summed E-state index contributed by atoms with van der Waals surface area (Å²) >= 11 is 0. The van der Waals surface area contributed by atoms with Crippen molar-refractivity contribution in [2.24, 2.45) is 0 Å². The minimum Gasteiger partial charge on any atom is -0.373 e. The van der Waals surface area contributed by atoms with Crippen LogP contribution in [0.3, 0.4) is 0 Å². The number of allylic oxidation sites excluding steroid dienone is 4. The van der Waals surface area contributed by atoms with E-state index < -0.39 is 12.9 Å². The highest BCUT2D eigenvalue weighted by Crippen LogP contribution is 2.52. The van der Waals surface area contributed by atoms with Crippen molar-refractivity contribution in [1.82, 2.24) is 0 Å². The summed E-state index contributed by atoms with van der Waals surface area (Å²) in [5, 5.41) is 8.59. The van der Waals surface area contributed by atoms with Gasteiger partial charge < -0.3 is 19.4 Å². The summed E-state index contributed by atoms with van der Waals surface area (Å²) in [6, 6.07) is 0. The van der Waals surface area contributed by atoms with E-state index in [1.807, 2.05) is 21.1 Å². The van der Waals surface area contributed by atoms with Crippen LogP contribution in [0.5, 0.6) is 0 Å². The van der Waals surface area contributed by atoms with Crippen LogP contribution >= 0.6 is 7.60 Å². The van der Waals surface area contributed by atoms with Gasteiger partial charge in [-0.15, -0.1) is 0 Å². The zero-order valence-corrected chi connectivity index (χ0v) is 21.7. The summed E-state index contributed by atoms with van der Waals surface area (Å²) < 4.78 is 12.1. The van der Waals surface area contributed by atoms with Crippen LogP contribution in [-0.2, 0) is 4.57 Å². The van der Waals surface area contributed by atoms with Gasteiger partial charge in [-0.25, -0.2) is 0 Å². The highest BCUT2D eigenvalue weighted by molar-refractivity contribution is 7.53. The second-order valence-corrected chi connectivity index (χ2v) is 11.9. The number of unbranched alkanes of at least 4 members (excludes halogenated alkanes) is 11. The Morgan fingerprint density at radius 3 is 1.45 bits per heavy atom. The topological polar surface area (TPSA) is 77.8 Å². The number of rotatable bonds is 20. The molecule has 0 radical (unpaired) electrons. The molecule has 0 spiro atoms. The minimum absolute atomic E-state index is 0.0435. The van der Waals surface area contributed by atoms with E-state index in [1.54, 1.807) is 0 Å². The molecule has 184 valence electrons. The molecule has 0 bridgehead atoms. The zero-order valence-electron chi connectivity index (χ0n) is 20.8. The van der Waals surface area contributed by atoms with E-state index in [2.05, 4.69) is 31.2 Å². The van der Waals surface area contributed by atoms with Crippen LogP contribution in [0.1, 0.15) is 103 Å². The first-order valence-electron chi connectivity index (χ1n) is 12.4. The third kappa shape index (κ3) is 17.7. The van der Waals surface area contributed by atoms with Gasteiger partial charge in [0.1, 0.15) is 6.54 Å². The highest BCUT2D eigenvalue weighted by Gasteiger charge is 2.48. The molecule has 6 heteroatoms. The average molecular weight is 461 g/mol. The van der Waals surface area contributed by atoms with Crippen molar-refractivity contribution in [3.05, 3.63) is 24.3 Å². The maximum Gasteiger partial charge on any atom is 0.362 e. The number of hydrogen-bond donors (Lipinski definition) is 3. The van der Waals surface area contributed by atoms with Gasteiger partial charge in [-0.05, 0) is 64.2 Å². The molecular formula is C25H51NO4P+. The summed E-state index contributed by atoms with van der Waals surface area (Å²) in [6.45, 7) is 2.29. The first-order valence-corrected chi connectivity index (χ1v) is 14.0. The Hall–Kier alpha value is -0.450. The smallest absolute Gasteiger partial charge is 0.362 e. The molecule has 31 heavy (non-hydrogen) atoms. The predicted octanol–water partition coefficient (Wildman–Crippen LogP) is 6.54. The maximum atomic E-state index is 11.8. The standard InChI is InChI=1S/C25H50NO4P/c1-5-6-7-8-9-10-11-12-13-14-15-16-17-18-19-20-21-22-23-25(27,31(28,29)30)24-26(2,3)4/h10-11,18-19,27H,5-9,12-17,20-24H2,1-4H3,(H-,28,29,30)/p+1/b11-10-,19-18-. The molecule has 0 rings (SSSR count). The lowest BCUT2D eigenvalue weighted by atomic mass is 10.1. The Morgan fingerprint density at radius 1 is 0.710 bits per heavy atom. The van der Waals surface area contributed by atoms with Gasteiger partial charge in [-0.3, -0.25) is 4.57 Å². The van der Waals surface area contributed by atoms with Crippen molar-refractivity contribution in [2.75, 3.05) is 27.7 Å². The molecule has 1 unspecified atom stereocenters. The fraction of sp³-hybridized carbons (Fsp3) is 0.840. The number of aliphatic hydroxyl groups is 1. The third-order valence-corrected chi connectivity index (χ3v) is 6.97. The lowest BCUT2D eigenvalue weighted by Gasteiger charge is -2.35. The van der Waals surface area contributed by atoms with Crippen LogP contribution in [0, 0.1) is 0 Å². The van der Waals surface area contributed by atoms with Crippen LogP contribution in [-0.4, -0.2) is 52.4 Å². The van der Waals surface area contributed by atoms with Gasteiger partial charge in [0.15, 0.2) is 0 Å². The van der Waals surface area contributed by atoms with Crippen LogP contribution in [0.2, 0.25) is 0 Å². The average Bonchev–Trinajstić information content (AvgIpc) is 2.65. The monoisotopic (exact) mass is 460 g/mol. The van der Waals surface area contributed by atoms with E-state index in [4.69, 9.17) is 0 Å². The Bertz CT molecular complexity index is 536. The molecule has 0 aliphatic rings. The molecule has 0 aromatic carbocycles. The van der Waals surface area contributed by atoms with Gasteiger partial charge in [0.2, 0.25) is 5.34 Å². The van der Waals surface area contributed by atoms with Crippen LogP contribution in [0.25, 0.3) is 0 Å². The van der Waals surface area contributed by atoms with Crippen LogP contribution in [0.4, 0.5) is 0 Å². The van der Waals surface area contributed by atoms with Gasteiger partial charge in [0.25, 0.3) is 0 Å².